The second-order valence-electron chi connectivity index (χ2n) is 3.81. The summed E-state index contributed by atoms with van der Waals surface area (Å²) >= 11 is 5.80. The van der Waals surface area contributed by atoms with Crippen molar-refractivity contribution < 1.29 is 0 Å². The molecule has 0 saturated carbocycles. The third-order valence-electron chi connectivity index (χ3n) is 2.37. The maximum atomic E-state index is 8.91. The third kappa shape index (κ3) is 2.43. The molecule has 0 radical (unpaired) electrons. The number of aryl methyl sites for hydroxylation is 2. The van der Waals surface area contributed by atoms with Crippen LogP contribution in [0.4, 0.5) is 0 Å². The zero-order valence-corrected chi connectivity index (χ0v) is 10.3. The lowest BCUT2D eigenvalue weighted by Gasteiger charge is -2.05. The van der Waals surface area contributed by atoms with Gasteiger partial charge < -0.3 is 0 Å². The van der Waals surface area contributed by atoms with Gasteiger partial charge in [-0.25, -0.2) is 4.98 Å². The van der Waals surface area contributed by atoms with Crippen molar-refractivity contribution in [3.63, 3.8) is 0 Å². The lowest BCUT2D eigenvalue weighted by Crippen LogP contribution is -1.90. The van der Waals surface area contributed by atoms with Gasteiger partial charge >= 0.3 is 0 Å². The lowest BCUT2D eigenvalue weighted by molar-refractivity contribution is 1.12. The van der Waals surface area contributed by atoms with E-state index in [4.69, 9.17) is 16.9 Å². The lowest BCUT2D eigenvalue weighted by atomic mass is 10.1. The molecule has 0 fully saturated rings. The maximum Gasteiger partial charge on any atom is 0.146 e. The number of hydrogen-bond donors (Lipinski definition) is 0. The van der Waals surface area contributed by atoms with Crippen LogP contribution in [0, 0.1) is 25.2 Å². The molecular formula is C13H10ClN3. The van der Waals surface area contributed by atoms with E-state index in [1.54, 1.807) is 12.3 Å². The molecule has 0 saturated heterocycles. The minimum absolute atomic E-state index is 0.235. The van der Waals surface area contributed by atoms with Crippen molar-refractivity contribution in [3.05, 3.63) is 46.5 Å². The Morgan fingerprint density at radius 3 is 2.35 bits per heavy atom. The van der Waals surface area contributed by atoms with Crippen LogP contribution in [-0.4, -0.2) is 9.97 Å². The highest BCUT2D eigenvalue weighted by molar-refractivity contribution is 6.30. The summed E-state index contributed by atoms with van der Waals surface area (Å²) in [5.41, 5.74) is 4.13. The summed E-state index contributed by atoms with van der Waals surface area (Å²) in [5, 5.41) is 9.15. The normalized spacial score (nSPS) is 10.0. The highest BCUT2D eigenvalue weighted by atomic mass is 35.5. The third-order valence-corrected chi connectivity index (χ3v) is 2.68. The first kappa shape index (κ1) is 11.6. The van der Waals surface area contributed by atoms with Crippen LogP contribution in [0.3, 0.4) is 0 Å². The first-order chi connectivity index (χ1) is 8.10. The molecule has 2 rings (SSSR count). The molecule has 0 unspecified atom stereocenters. The second kappa shape index (κ2) is 4.52. The van der Waals surface area contributed by atoms with E-state index >= 15 is 0 Å². The SMILES string of the molecule is Cc1cc(-c2cnc(Cl)c(C#N)c2)cc(C)n1. The topological polar surface area (TPSA) is 49.6 Å². The van der Waals surface area contributed by atoms with Gasteiger partial charge in [0.15, 0.2) is 0 Å². The van der Waals surface area contributed by atoms with Crippen molar-refractivity contribution >= 4 is 11.6 Å². The molecule has 2 heterocycles. The molecule has 0 spiro atoms. The van der Waals surface area contributed by atoms with E-state index < -0.39 is 0 Å². The number of pyridine rings is 2. The van der Waals surface area contributed by atoms with Gasteiger partial charge in [0.2, 0.25) is 0 Å². The molecule has 0 bridgehead atoms. The first-order valence-electron chi connectivity index (χ1n) is 5.11. The van der Waals surface area contributed by atoms with Crippen molar-refractivity contribution in [2.45, 2.75) is 13.8 Å². The predicted octanol–water partition coefficient (Wildman–Crippen LogP) is 3.29. The van der Waals surface area contributed by atoms with Crippen LogP contribution in [0.2, 0.25) is 5.15 Å². The van der Waals surface area contributed by atoms with E-state index in [0.29, 0.717) is 5.56 Å². The molecule has 17 heavy (non-hydrogen) atoms. The first-order valence-corrected chi connectivity index (χ1v) is 5.49. The summed E-state index contributed by atoms with van der Waals surface area (Å²) in [5.74, 6) is 0. The number of nitrogens with zero attached hydrogens (tertiary/aromatic N) is 3. The van der Waals surface area contributed by atoms with Crippen molar-refractivity contribution in [2.75, 3.05) is 0 Å². The quantitative estimate of drug-likeness (QED) is 0.722. The Morgan fingerprint density at radius 2 is 1.76 bits per heavy atom. The number of hydrogen-bond acceptors (Lipinski definition) is 3. The zero-order chi connectivity index (χ0) is 12.4. The number of nitriles is 1. The van der Waals surface area contributed by atoms with E-state index in [-0.39, 0.29) is 5.15 Å². The average Bonchev–Trinajstić information content (AvgIpc) is 2.28. The summed E-state index contributed by atoms with van der Waals surface area (Å²) < 4.78 is 0. The number of halogens is 1. The zero-order valence-electron chi connectivity index (χ0n) is 9.53. The summed E-state index contributed by atoms with van der Waals surface area (Å²) in [6.07, 6.45) is 1.66. The fraction of sp³-hybridized carbons (Fsp3) is 0.154. The summed E-state index contributed by atoms with van der Waals surface area (Å²) in [7, 11) is 0. The highest BCUT2D eigenvalue weighted by Gasteiger charge is 2.06. The molecular weight excluding hydrogens is 234 g/mol. The average molecular weight is 244 g/mol. The predicted molar refractivity (Wildman–Crippen MR) is 66.7 cm³/mol. The van der Waals surface area contributed by atoms with Gasteiger partial charge in [-0.3, -0.25) is 4.98 Å². The van der Waals surface area contributed by atoms with Crippen LogP contribution >= 0.6 is 11.6 Å². The Labute approximate surface area is 105 Å². The highest BCUT2D eigenvalue weighted by Crippen LogP contribution is 2.23. The van der Waals surface area contributed by atoms with Gasteiger partial charge in [-0.1, -0.05) is 11.6 Å². The summed E-state index contributed by atoms with van der Waals surface area (Å²) in [6.45, 7) is 3.87. The Kier molecular flexibility index (Phi) is 3.08. The fourth-order valence-corrected chi connectivity index (χ4v) is 1.83. The van der Waals surface area contributed by atoms with Gasteiger partial charge in [-0.2, -0.15) is 5.26 Å². The molecule has 84 valence electrons. The van der Waals surface area contributed by atoms with Crippen molar-refractivity contribution in [1.29, 1.82) is 5.26 Å². The Balaban J connectivity index is 2.57. The summed E-state index contributed by atoms with van der Waals surface area (Å²) in [4.78, 5) is 8.32. The molecule has 0 aliphatic carbocycles. The number of aromatic nitrogens is 2. The number of rotatable bonds is 1. The van der Waals surface area contributed by atoms with Gasteiger partial charge in [0.25, 0.3) is 0 Å². The minimum Gasteiger partial charge on any atom is -0.258 e. The van der Waals surface area contributed by atoms with Crippen LogP contribution in [-0.2, 0) is 0 Å². The smallest absolute Gasteiger partial charge is 0.146 e. The van der Waals surface area contributed by atoms with E-state index in [1.807, 2.05) is 32.0 Å². The Bertz CT molecular complexity index is 594. The molecule has 0 aromatic carbocycles. The van der Waals surface area contributed by atoms with E-state index in [2.05, 4.69) is 9.97 Å². The maximum absolute atomic E-state index is 8.91. The van der Waals surface area contributed by atoms with Gasteiger partial charge in [0.1, 0.15) is 11.2 Å². The Hall–Kier alpha value is -1.92. The van der Waals surface area contributed by atoms with Crippen molar-refractivity contribution in [1.82, 2.24) is 9.97 Å². The Morgan fingerprint density at radius 1 is 1.12 bits per heavy atom. The molecule has 0 amide bonds. The van der Waals surface area contributed by atoms with Crippen LogP contribution < -0.4 is 0 Å². The van der Waals surface area contributed by atoms with Crippen molar-refractivity contribution in [3.8, 4) is 17.2 Å². The van der Waals surface area contributed by atoms with Crippen molar-refractivity contribution in [2.24, 2.45) is 0 Å². The summed E-state index contributed by atoms with van der Waals surface area (Å²) in [6, 6.07) is 7.68. The largest absolute Gasteiger partial charge is 0.258 e. The molecule has 2 aromatic heterocycles. The monoisotopic (exact) mass is 243 g/mol. The molecule has 0 atom stereocenters. The standard InChI is InChI=1S/C13H10ClN3/c1-8-3-10(4-9(2)17-8)12-5-11(6-15)13(14)16-7-12/h3-5,7H,1-2H3. The van der Waals surface area contributed by atoms with Gasteiger partial charge in [-0.05, 0) is 37.6 Å². The van der Waals surface area contributed by atoms with E-state index in [1.165, 1.54) is 0 Å². The van der Waals surface area contributed by atoms with Crippen LogP contribution in [0.15, 0.2) is 24.4 Å². The fourth-order valence-electron chi connectivity index (χ4n) is 1.69. The molecule has 0 aliphatic rings. The molecule has 2 aromatic rings. The van der Waals surface area contributed by atoms with E-state index in [0.717, 1.165) is 22.5 Å². The second-order valence-corrected chi connectivity index (χ2v) is 4.17. The van der Waals surface area contributed by atoms with E-state index in [9.17, 15) is 0 Å². The molecule has 3 nitrogen and oxygen atoms in total. The minimum atomic E-state index is 0.235. The molecule has 4 heteroatoms. The van der Waals surface area contributed by atoms with Crippen LogP contribution in [0.1, 0.15) is 17.0 Å². The van der Waals surface area contributed by atoms with Crippen LogP contribution in [0.25, 0.3) is 11.1 Å². The molecule has 0 aliphatic heterocycles. The van der Waals surface area contributed by atoms with Gasteiger partial charge in [0.05, 0.1) is 5.56 Å². The molecule has 0 N–H and O–H groups in total. The van der Waals surface area contributed by atoms with Crippen LogP contribution in [0.5, 0.6) is 0 Å². The van der Waals surface area contributed by atoms with Gasteiger partial charge in [0, 0.05) is 23.1 Å². The van der Waals surface area contributed by atoms with Gasteiger partial charge in [-0.15, -0.1) is 0 Å².